The van der Waals surface area contributed by atoms with E-state index in [-0.39, 0.29) is 17.3 Å². The van der Waals surface area contributed by atoms with Gasteiger partial charge in [0.2, 0.25) is 11.9 Å². The van der Waals surface area contributed by atoms with Crippen LogP contribution in [0.15, 0.2) is 53.3 Å². The highest BCUT2D eigenvalue weighted by atomic mass is 19.1. The number of carbonyl (C=O) groups excluding carboxylic acids is 1. The monoisotopic (exact) mass is 487 g/mol. The molecule has 4 aromatic rings. The van der Waals surface area contributed by atoms with Crippen molar-refractivity contribution in [3.63, 3.8) is 0 Å². The number of fused-ring (bicyclic) bond motifs is 1. The standard InChI is InChI=1S/C26H26FN7O2/c1-15-5-3-6-20-23(15)25(36)34(18-10-8-17(27)9-11-18)22(32-20)7-4-14-30-24-19(12-13-21(28)35)16(2)31-26(29)33-24/h3,5-6,8-13H,4,7,14H2,1-2H3,(H2,28,35)(H3,29,30,31,33)/b13-12+. The molecule has 0 aliphatic rings. The molecule has 1 amide bonds. The van der Waals surface area contributed by atoms with Crippen LogP contribution in [0.3, 0.4) is 0 Å². The first kappa shape index (κ1) is 24.5. The highest BCUT2D eigenvalue weighted by Gasteiger charge is 2.15. The van der Waals surface area contributed by atoms with E-state index in [1.165, 1.54) is 22.8 Å². The first-order valence-corrected chi connectivity index (χ1v) is 11.4. The molecule has 36 heavy (non-hydrogen) atoms. The highest BCUT2D eigenvalue weighted by molar-refractivity contribution is 5.91. The van der Waals surface area contributed by atoms with Gasteiger partial charge in [0.15, 0.2) is 0 Å². The molecule has 10 heteroatoms. The van der Waals surface area contributed by atoms with Crippen molar-refractivity contribution in [3.05, 3.63) is 87.4 Å². The maximum Gasteiger partial charge on any atom is 0.266 e. The molecule has 9 nitrogen and oxygen atoms in total. The molecular weight excluding hydrogens is 461 g/mol. The molecule has 0 unspecified atom stereocenters. The molecule has 0 aliphatic carbocycles. The van der Waals surface area contributed by atoms with Crippen molar-refractivity contribution in [2.75, 3.05) is 17.6 Å². The van der Waals surface area contributed by atoms with Gasteiger partial charge in [-0.3, -0.25) is 14.2 Å². The van der Waals surface area contributed by atoms with Gasteiger partial charge in [0.1, 0.15) is 17.5 Å². The van der Waals surface area contributed by atoms with E-state index in [9.17, 15) is 14.0 Å². The van der Waals surface area contributed by atoms with Crippen LogP contribution in [0, 0.1) is 19.7 Å². The summed E-state index contributed by atoms with van der Waals surface area (Å²) >= 11 is 0. The van der Waals surface area contributed by atoms with E-state index in [4.69, 9.17) is 16.5 Å². The summed E-state index contributed by atoms with van der Waals surface area (Å²) in [6.45, 7) is 4.09. The summed E-state index contributed by atoms with van der Waals surface area (Å²) in [5.74, 6) is 0.147. The third-order valence-electron chi connectivity index (χ3n) is 5.70. The van der Waals surface area contributed by atoms with E-state index in [0.29, 0.717) is 58.9 Å². The van der Waals surface area contributed by atoms with E-state index in [0.717, 1.165) is 5.56 Å². The van der Waals surface area contributed by atoms with Crippen LogP contribution in [0.5, 0.6) is 0 Å². The number of nitrogens with one attached hydrogen (secondary N) is 1. The Hall–Kier alpha value is -4.60. The maximum absolute atomic E-state index is 13.6. The highest BCUT2D eigenvalue weighted by Crippen LogP contribution is 2.20. The van der Waals surface area contributed by atoms with E-state index >= 15 is 0 Å². The van der Waals surface area contributed by atoms with Crippen LogP contribution < -0.4 is 22.3 Å². The summed E-state index contributed by atoms with van der Waals surface area (Å²) in [6, 6.07) is 11.3. The van der Waals surface area contributed by atoms with Gasteiger partial charge < -0.3 is 16.8 Å². The van der Waals surface area contributed by atoms with Gasteiger partial charge in [-0.1, -0.05) is 12.1 Å². The minimum Gasteiger partial charge on any atom is -0.369 e. The fraction of sp³-hybridized carbons (Fsp3) is 0.192. The number of amides is 1. The number of primary amides is 1. The van der Waals surface area contributed by atoms with Crippen LogP contribution >= 0.6 is 0 Å². The predicted molar refractivity (Wildman–Crippen MR) is 138 cm³/mol. The summed E-state index contributed by atoms with van der Waals surface area (Å²) in [5, 5.41) is 3.75. The number of aryl methyl sites for hydroxylation is 3. The lowest BCUT2D eigenvalue weighted by atomic mass is 10.1. The molecule has 0 fully saturated rings. The number of nitrogen functional groups attached to an aromatic ring is 1. The number of hydrogen-bond donors (Lipinski definition) is 3. The van der Waals surface area contributed by atoms with Gasteiger partial charge in [0.25, 0.3) is 5.56 Å². The largest absolute Gasteiger partial charge is 0.369 e. The zero-order valence-corrected chi connectivity index (χ0v) is 20.0. The van der Waals surface area contributed by atoms with E-state index < -0.39 is 5.91 Å². The second-order valence-electron chi connectivity index (χ2n) is 8.31. The fourth-order valence-corrected chi connectivity index (χ4v) is 4.02. The summed E-state index contributed by atoms with van der Waals surface area (Å²) < 4.78 is 15.1. The number of hydrogen-bond acceptors (Lipinski definition) is 7. The lowest BCUT2D eigenvalue weighted by Crippen LogP contribution is -2.25. The Balaban J connectivity index is 1.63. The Morgan fingerprint density at radius 1 is 1.11 bits per heavy atom. The van der Waals surface area contributed by atoms with Crippen LogP contribution in [0.4, 0.5) is 16.2 Å². The number of nitrogens with two attached hydrogens (primary N) is 2. The molecule has 4 rings (SSSR count). The van der Waals surface area contributed by atoms with Crippen LogP contribution in [0.25, 0.3) is 22.7 Å². The van der Waals surface area contributed by atoms with Crippen LogP contribution in [-0.2, 0) is 11.2 Å². The van der Waals surface area contributed by atoms with Crippen molar-refractivity contribution in [1.82, 2.24) is 19.5 Å². The van der Waals surface area contributed by atoms with Gasteiger partial charge in [-0.25, -0.2) is 14.4 Å². The molecule has 2 aromatic heterocycles. The Bertz CT molecular complexity index is 1530. The Labute approximate surface area is 206 Å². The number of anilines is 2. The second kappa shape index (κ2) is 10.3. The summed E-state index contributed by atoms with van der Waals surface area (Å²) in [7, 11) is 0. The molecule has 2 heterocycles. The number of rotatable bonds is 8. The molecule has 0 saturated carbocycles. The number of carbonyl (C=O) groups is 1. The van der Waals surface area contributed by atoms with Gasteiger partial charge in [0, 0.05) is 24.6 Å². The summed E-state index contributed by atoms with van der Waals surface area (Å²) in [4.78, 5) is 37.8. The molecule has 0 aliphatic heterocycles. The van der Waals surface area contributed by atoms with Gasteiger partial charge in [-0.05, 0) is 62.2 Å². The van der Waals surface area contributed by atoms with E-state index in [2.05, 4.69) is 15.3 Å². The molecule has 0 saturated heterocycles. The van der Waals surface area contributed by atoms with Crippen molar-refractivity contribution in [1.29, 1.82) is 0 Å². The van der Waals surface area contributed by atoms with Crippen molar-refractivity contribution in [2.24, 2.45) is 5.73 Å². The van der Waals surface area contributed by atoms with Gasteiger partial charge in [-0.2, -0.15) is 4.98 Å². The average Bonchev–Trinajstić information content (AvgIpc) is 2.82. The van der Waals surface area contributed by atoms with Crippen molar-refractivity contribution in [3.8, 4) is 5.69 Å². The van der Waals surface area contributed by atoms with E-state index in [1.807, 2.05) is 25.1 Å². The fourth-order valence-electron chi connectivity index (χ4n) is 4.02. The molecule has 0 bridgehead atoms. The second-order valence-corrected chi connectivity index (χ2v) is 8.31. The maximum atomic E-state index is 13.6. The number of nitrogens with zero attached hydrogens (tertiary/aromatic N) is 4. The zero-order chi connectivity index (χ0) is 25.8. The summed E-state index contributed by atoms with van der Waals surface area (Å²) in [5.41, 5.74) is 14.0. The quantitative estimate of drug-likeness (QED) is 0.256. The average molecular weight is 488 g/mol. The Kier molecular flexibility index (Phi) is 7.05. The van der Waals surface area contributed by atoms with Crippen molar-refractivity contribution >= 4 is 34.7 Å². The Morgan fingerprint density at radius 3 is 2.58 bits per heavy atom. The third-order valence-corrected chi connectivity index (χ3v) is 5.70. The molecule has 0 atom stereocenters. The van der Waals surface area contributed by atoms with Crippen LogP contribution in [0.2, 0.25) is 0 Å². The van der Waals surface area contributed by atoms with Crippen molar-refractivity contribution in [2.45, 2.75) is 26.7 Å². The topological polar surface area (TPSA) is 142 Å². The number of halogens is 1. The first-order chi connectivity index (χ1) is 17.2. The normalized spacial score (nSPS) is 11.3. The number of benzene rings is 2. The molecular formula is C26H26FN7O2. The van der Waals surface area contributed by atoms with Crippen LogP contribution in [-0.4, -0.2) is 32.0 Å². The molecule has 0 radical (unpaired) electrons. The molecule has 5 N–H and O–H groups in total. The lowest BCUT2D eigenvalue weighted by Gasteiger charge is -2.15. The summed E-state index contributed by atoms with van der Waals surface area (Å²) in [6.07, 6.45) is 3.82. The van der Waals surface area contributed by atoms with E-state index in [1.54, 1.807) is 25.1 Å². The minimum atomic E-state index is -0.589. The van der Waals surface area contributed by atoms with Crippen molar-refractivity contribution < 1.29 is 9.18 Å². The molecule has 0 spiro atoms. The molecule has 2 aromatic carbocycles. The minimum absolute atomic E-state index is 0.0999. The smallest absolute Gasteiger partial charge is 0.266 e. The van der Waals surface area contributed by atoms with Crippen LogP contribution in [0.1, 0.15) is 29.1 Å². The van der Waals surface area contributed by atoms with Gasteiger partial charge in [0.05, 0.1) is 22.3 Å². The van der Waals surface area contributed by atoms with Gasteiger partial charge >= 0.3 is 0 Å². The molecule has 184 valence electrons. The zero-order valence-electron chi connectivity index (χ0n) is 20.0. The Morgan fingerprint density at radius 2 is 1.86 bits per heavy atom. The SMILES string of the molecule is Cc1nc(N)nc(NCCCc2nc3cccc(C)c3c(=O)n2-c2ccc(F)cc2)c1/C=C/C(N)=O. The number of aromatic nitrogens is 4. The first-order valence-electron chi connectivity index (χ1n) is 11.4. The lowest BCUT2D eigenvalue weighted by molar-refractivity contribution is -0.113. The third kappa shape index (κ3) is 5.22. The predicted octanol–water partition coefficient (Wildman–Crippen LogP) is 3.06. The van der Waals surface area contributed by atoms with Gasteiger partial charge in [-0.15, -0.1) is 0 Å².